The standard InChI is InChI=1S/C26H24N6O5/c1-26(31-25(35)28-15-33,14-32-13-16-6-7-17(36-2)11-18(16)24(32)34)21-12-19-20(37-21)8-9-23(29-19)30-22-5-3-4-10-27-22/h3-12,15H,13-14H2,1-2H3,(H,27,29,30)(H2,28,31,33,35)/t26-/m0/s1. The molecule has 11 nitrogen and oxygen atoms in total. The lowest BCUT2D eigenvalue weighted by atomic mass is 9.98. The van der Waals surface area contributed by atoms with Crippen molar-refractivity contribution in [3.63, 3.8) is 0 Å². The third-order valence-corrected chi connectivity index (χ3v) is 6.12. The molecule has 0 saturated carbocycles. The van der Waals surface area contributed by atoms with E-state index in [-0.39, 0.29) is 18.9 Å². The molecule has 1 aromatic carbocycles. The summed E-state index contributed by atoms with van der Waals surface area (Å²) in [7, 11) is 1.54. The SMILES string of the molecule is COc1ccc2c(c1)C(=O)N(C[C@](C)(NC(=O)NC=O)c1cc3nc(Nc4ccccn4)ccc3o1)C2. The lowest BCUT2D eigenvalue weighted by molar-refractivity contribution is -0.108. The Bertz CT molecular complexity index is 1490. The molecule has 188 valence electrons. The van der Waals surface area contributed by atoms with Crippen LogP contribution in [0.2, 0.25) is 0 Å². The van der Waals surface area contributed by atoms with Gasteiger partial charge >= 0.3 is 6.03 Å². The van der Waals surface area contributed by atoms with Crippen molar-refractivity contribution >= 4 is 41.1 Å². The number of hydrogen-bond acceptors (Lipinski definition) is 8. The second-order valence-electron chi connectivity index (χ2n) is 8.76. The van der Waals surface area contributed by atoms with Crippen LogP contribution >= 0.6 is 0 Å². The van der Waals surface area contributed by atoms with Gasteiger partial charge in [-0.15, -0.1) is 0 Å². The van der Waals surface area contributed by atoms with Gasteiger partial charge in [0.1, 0.15) is 34.2 Å². The summed E-state index contributed by atoms with van der Waals surface area (Å²) in [6.45, 7) is 2.15. The van der Waals surface area contributed by atoms with Gasteiger partial charge in [-0.2, -0.15) is 0 Å². The molecule has 4 heterocycles. The summed E-state index contributed by atoms with van der Waals surface area (Å²) >= 11 is 0. The number of aromatic nitrogens is 2. The van der Waals surface area contributed by atoms with Crippen molar-refractivity contribution in [2.24, 2.45) is 0 Å². The molecule has 4 amide bonds. The highest BCUT2D eigenvalue weighted by molar-refractivity contribution is 5.99. The Hall–Kier alpha value is -4.93. The number of hydrogen-bond donors (Lipinski definition) is 3. The first kappa shape index (κ1) is 23.8. The Balaban J connectivity index is 1.45. The first-order valence-electron chi connectivity index (χ1n) is 11.5. The maximum absolute atomic E-state index is 13.2. The summed E-state index contributed by atoms with van der Waals surface area (Å²) in [5, 5.41) is 7.99. The highest BCUT2D eigenvalue weighted by Crippen LogP contribution is 2.33. The Labute approximate surface area is 211 Å². The molecule has 3 aromatic heterocycles. The van der Waals surface area contributed by atoms with Crippen molar-refractivity contribution in [1.82, 2.24) is 25.5 Å². The van der Waals surface area contributed by atoms with Crippen LogP contribution in [0.5, 0.6) is 5.75 Å². The van der Waals surface area contributed by atoms with Crippen molar-refractivity contribution in [2.45, 2.75) is 19.0 Å². The lowest BCUT2D eigenvalue weighted by Crippen LogP contribution is -2.53. The third kappa shape index (κ3) is 4.79. The normalized spacial score (nSPS) is 14.1. The number of rotatable bonds is 8. The highest BCUT2D eigenvalue weighted by Gasteiger charge is 2.39. The maximum atomic E-state index is 13.2. The van der Waals surface area contributed by atoms with Gasteiger partial charge in [0.25, 0.3) is 5.91 Å². The molecule has 0 fully saturated rings. The van der Waals surface area contributed by atoms with E-state index in [2.05, 4.69) is 25.9 Å². The highest BCUT2D eigenvalue weighted by atomic mass is 16.5. The largest absolute Gasteiger partial charge is 0.497 e. The van der Waals surface area contributed by atoms with Gasteiger partial charge in [-0.05, 0) is 48.9 Å². The van der Waals surface area contributed by atoms with E-state index in [1.54, 1.807) is 55.5 Å². The fourth-order valence-electron chi connectivity index (χ4n) is 4.33. The molecule has 1 atom stereocenters. The second-order valence-corrected chi connectivity index (χ2v) is 8.76. The van der Waals surface area contributed by atoms with Crippen LogP contribution in [0.3, 0.4) is 0 Å². The predicted molar refractivity (Wildman–Crippen MR) is 134 cm³/mol. The number of methoxy groups -OCH3 is 1. The number of pyridine rings is 2. The summed E-state index contributed by atoms with van der Waals surface area (Å²) in [6, 6.07) is 15.3. The van der Waals surface area contributed by atoms with E-state index in [9.17, 15) is 14.4 Å². The first-order chi connectivity index (χ1) is 17.9. The topological polar surface area (TPSA) is 139 Å². The van der Waals surface area contributed by atoms with Crippen LogP contribution in [-0.4, -0.2) is 46.9 Å². The van der Waals surface area contributed by atoms with Crippen LogP contribution in [0.25, 0.3) is 11.1 Å². The van der Waals surface area contributed by atoms with Crippen molar-refractivity contribution in [2.75, 3.05) is 19.0 Å². The molecule has 0 radical (unpaired) electrons. The molecule has 0 spiro atoms. The molecule has 5 rings (SSSR count). The van der Waals surface area contributed by atoms with Gasteiger partial charge in [0.15, 0.2) is 5.58 Å². The minimum atomic E-state index is -1.19. The number of imide groups is 1. The average molecular weight is 501 g/mol. The number of ether oxygens (including phenoxy) is 1. The van der Waals surface area contributed by atoms with E-state index in [0.717, 1.165) is 5.56 Å². The minimum absolute atomic E-state index is 0.0774. The lowest BCUT2D eigenvalue weighted by Gasteiger charge is -2.32. The van der Waals surface area contributed by atoms with Gasteiger partial charge in [0.05, 0.1) is 13.7 Å². The quantitative estimate of drug-likeness (QED) is 0.313. The van der Waals surface area contributed by atoms with Crippen LogP contribution < -0.4 is 20.7 Å². The van der Waals surface area contributed by atoms with Crippen LogP contribution in [0.15, 0.2) is 65.2 Å². The van der Waals surface area contributed by atoms with Gasteiger partial charge in [-0.3, -0.25) is 14.9 Å². The minimum Gasteiger partial charge on any atom is -0.497 e. The van der Waals surface area contributed by atoms with E-state index in [4.69, 9.17) is 9.15 Å². The number of furan rings is 1. The summed E-state index contributed by atoms with van der Waals surface area (Å²) < 4.78 is 11.3. The Morgan fingerprint density at radius 1 is 1.19 bits per heavy atom. The first-order valence-corrected chi connectivity index (χ1v) is 11.5. The smallest absolute Gasteiger partial charge is 0.322 e. The number of anilines is 2. The average Bonchev–Trinajstić information content (AvgIpc) is 3.45. The number of nitrogens with one attached hydrogen (secondary N) is 3. The predicted octanol–water partition coefficient (Wildman–Crippen LogP) is 3.30. The molecule has 37 heavy (non-hydrogen) atoms. The molecule has 0 bridgehead atoms. The van der Waals surface area contributed by atoms with Crippen LogP contribution in [0.1, 0.15) is 28.6 Å². The van der Waals surface area contributed by atoms with E-state index in [1.807, 2.05) is 24.3 Å². The molecular formula is C26H24N6O5. The van der Waals surface area contributed by atoms with Gasteiger partial charge in [0, 0.05) is 24.4 Å². The zero-order chi connectivity index (χ0) is 26.0. The zero-order valence-electron chi connectivity index (χ0n) is 20.1. The monoisotopic (exact) mass is 500 g/mol. The number of benzene rings is 1. The van der Waals surface area contributed by atoms with Gasteiger partial charge in [-0.1, -0.05) is 12.1 Å². The van der Waals surface area contributed by atoms with Crippen LogP contribution in [0, 0.1) is 0 Å². The number of urea groups is 1. The van der Waals surface area contributed by atoms with Gasteiger partial charge < -0.3 is 24.7 Å². The van der Waals surface area contributed by atoms with Crippen molar-refractivity contribution in [1.29, 1.82) is 0 Å². The number of fused-ring (bicyclic) bond motifs is 2. The fraction of sp³-hybridized carbons (Fsp3) is 0.192. The second kappa shape index (κ2) is 9.61. The van der Waals surface area contributed by atoms with Crippen LogP contribution in [-0.2, 0) is 16.9 Å². The maximum Gasteiger partial charge on any atom is 0.322 e. The van der Waals surface area contributed by atoms with E-state index in [1.165, 1.54) is 0 Å². The molecule has 1 aliphatic heterocycles. The van der Waals surface area contributed by atoms with E-state index < -0.39 is 11.6 Å². The van der Waals surface area contributed by atoms with Gasteiger partial charge in [0.2, 0.25) is 6.41 Å². The summed E-state index contributed by atoms with van der Waals surface area (Å²) in [5.41, 5.74) is 1.23. The molecule has 4 aromatic rings. The Kier molecular flexibility index (Phi) is 6.18. The Morgan fingerprint density at radius 2 is 2.05 bits per heavy atom. The fourth-order valence-corrected chi connectivity index (χ4v) is 4.33. The molecule has 0 saturated heterocycles. The summed E-state index contributed by atoms with van der Waals surface area (Å²) in [4.78, 5) is 46.9. The molecule has 1 aliphatic rings. The number of carbonyl (C=O) groups is 3. The van der Waals surface area contributed by atoms with Crippen LogP contribution in [0.4, 0.5) is 16.4 Å². The molecule has 0 unspecified atom stereocenters. The Morgan fingerprint density at radius 3 is 2.81 bits per heavy atom. The number of carbonyl (C=O) groups excluding carboxylic acids is 3. The molecule has 11 heteroatoms. The summed E-state index contributed by atoms with van der Waals surface area (Å²) in [6.07, 6.45) is 1.96. The summed E-state index contributed by atoms with van der Waals surface area (Å²) in [5.74, 6) is 1.95. The van der Waals surface area contributed by atoms with E-state index in [0.29, 0.717) is 46.4 Å². The zero-order valence-corrected chi connectivity index (χ0v) is 20.1. The third-order valence-electron chi connectivity index (χ3n) is 6.12. The van der Waals surface area contributed by atoms with Gasteiger partial charge in [-0.25, -0.2) is 14.8 Å². The molecular weight excluding hydrogens is 476 g/mol. The van der Waals surface area contributed by atoms with Crippen molar-refractivity contribution < 1.29 is 23.5 Å². The molecule has 3 N–H and O–H groups in total. The molecule has 0 aliphatic carbocycles. The van der Waals surface area contributed by atoms with Crippen molar-refractivity contribution in [3.8, 4) is 5.75 Å². The van der Waals surface area contributed by atoms with E-state index >= 15 is 0 Å². The van der Waals surface area contributed by atoms with Crippen molar-refractivity contribution in [3.05, 3.63) is 77.7 Å². The number of nitrogens with zero attached hydrogens (tertiary/aromatic N) is 3. The number of amides is 4.